The van der Waals surface area contributed by atoms with E-state index in [9.17, 15) is 14.4 Å². The Morgan fingerprint density at radius 3 is 2.79 bits per heavy atom. The molecule has 0 atom stereocenters. The number of nitrogens with zero attached hydrogens (tertiary/aromatic N) is 3. The first-order valence-electron chi connectivity index (χ1n) is 7.01. The molecule has 0 radical (unpaired) electrons. The van der Waals surface area contributed by atoms with E-state index in [1.54, 1.807) is 13.8 Å². The van der Waals surface area contributed by atoms with Crippen LogP contribution >= 0.6 is 11.3 Å². The van der Waals surface area contributed by atoms with Gasteiger partial charge in [-0.15, -0.1) is 11.3 Å². The van der Waals surface area contributed by atoms with Gasteiger partial charge in [0, 0.05) is 4.88 Å². The number of hydrogen-bond donors (Lipinski definition) is 2. The third kappa shape index (κ3) is 4.05. The van der Waals surface area contributed by atoms with Crippen molar-refractivity contribution >= 4 is 23.3 Å². The van der Waals surface area contributed by atoms with Crippen LogP contribution < -0.4 is 16.2 Å². The van der Waals surface area contributed by atoms with Gasteiger partial charge >= 0.3 is 6.03 Å². The largest absolute Gasteiger partial charge is 0.333 e. The second-order valence-electron chi connectivity index (χ2n) is 4.97. The quantitative estimate of drug-likeness (QED) is 0.851. The summed E-state index contributed by atoms with van der Waals surface area (Å²) in [5.74, 6) is -0.694. The normalized spacial score (nSPS) is 10.0. The fourth-order valence-corrected chi connectivity index (χ4v) is 2.58. The second-order valence-corrected chi connectivity index (χ2v) is 6.00. The van der Waals surface area contributed by atoms with Crippen LogP contribution in [-0.4, -0.2) is 21.7 Å². The lowest BCUT2D eigenvalue weighted by Crippen LogP contribution is -2.42. The Morgan fingerprint density at radius 1 is 1.42 bits per heavy atom. The lowest BCUT2D eigenvalue weighted by atomic mass is 10.1. The zero-order chi connectivity index (χ0) is 17.7. The number of imide groups is 1. The molecule has 0 aromatic carbocycles. The molecule has 2 aromatic heterocycles. The molecule has 0 unspecified atom stereocenters. The highest BCUT2D eigenvalue weighted by Gasteiger charge is 2.15. The summed E-state index contributed by atoms with van der Waals surface area (Å²) in [4.78, 5) is 36.6. The summed E-state index contributed by atoms with van der Waals surface area (Å²) in [6.07, 6.45) is 0. The zero-order valence-corrected chi connectivity index (χ0v) is 13.9. The number of carbonyl (C=O) groups excluding carboxylic acids is 2. The number of hydrogen-bond acceptors (Lipinski definition) is 6. The van der Waals surface area contributed by atoms with Gasteiger partial charge in [0.2, 0.25) is 5.91 Å². The highest BCUT2D eigenvalue weighted by atomic mass is 32.1. The van der Waals surface area contributed by atoms with E-state index in [1.807, 2.05) is 23.6 Å². The van der Waals surface area contributed by atoms with Crippen molar-refractivity contribution in [3.63, 3.8) is 0 Å². The van der Waals surface area contributed by atoms with E-state index in [0.717, 1.165) is 9.56 Å². The van der Waals surface area contributed by atoms with E-state index in [0.29, 0.717) is 17.8 Å². The van der Waals surface area contributed by atoms with Crippen molar-refractivity contribution in [2.75, 3.05) is 0 Å². The van der Waals surface area contributed by atoms with Crippen LogP contribution in [0.2, 0.25) is 0 Å². The molecule has 0 aliphatic rings. The Morgan fingerprint density at radius 2 is 2.17 bits per heavy atom. The zero-order valence-electron chi connectivity index (χ0n) is 13.1. The molecule has 2 aromatic rings. The lowest BCUT2D eigenvalue weighted by molar-refractivity contribution is -0.120. The molecule has 8 nitrogen and oxygen atoms in total. The molecule has 0 saturated heterocycles. The number of amides is 3. The summed E-state index contributed by atoms with van der Waals surface area (Å²) in [5, 5.41) is 19.6. The van der Waals surface area contributed by atoms with Gasteiger partial charge in [0.1, 0.15) is 18.2 Å². The summed E-state index contributed by atoms with van der Waals surface area (Å²) < 4.78 is 0.878. The van der Waals surface area contributed by atoms with Crippen LogP contribution in [0.25, 0.3) is 0 Å². The smallest absolute Gasteiger partial charge is 0.321 e. The van der Waals surface area contributed by atoms with Crippen LogP contribution in [0.1, 0.15) is 21.7 Å². The van der Waals surface area contributed by atoms with Gasteiger partial charge in [-0.3, -0.25) is 14.9 Å². The fraction of sp³-hybridized carbons (Fsp3) is 0.267. The number of thiophene rings is 1. The van der Waals surface area contributed by atoms with Crippen LogP contribution in [-0.2, 0) is 17.9 Å². The highest BCUT2D eigenvalue weighted by molar-refractivity contribution is 7.09. The monoisotopic (exact) mass is 345 g/mol. The van der Waals surface area contributed by atoms with Crippen molar-refractivity contribution in [2.45, 2.75) is 26.9 Å². The van der Waals surface area contributed by atoms with Crippen molar-refractivity contribution in [2.24, 2.45) is 0 Å². The molecule has 0 fully saturated rings. The van der Waals surface area contributed by atoms with Crippen LogP contribution in [0.5, 0.6) is 0 Å². The predicted octanol–water partition coefficient (Wildman–Crippen LogP) is 0.819. The average molecular weight is 345 g/mol. The van der Waals surface area contributed by atoms with Crippen molar-refractivity contribution < 1.29 is 9.59 Å². The minimum Gasteiger partial charge on any atom is -0.333 e. The number of nitriles is 1. The maximum absolute atomic E-state index is 12.1. The number of aromatic nitrogens is 2. The van der Waals surface area contributed by atoms with Gasteiger partial charge in [0.25, 0.3) is 5.56 Å². The van der Waals surface area contributed by atoms with E-state index in [4.69, 9.17) is 5.26 Å². The number of rotatable bonds is 4. The fourth-order valence-electron chi connectivity index (χ4n) is 1.94. The topological polar surface area (TPSA) is 117 Å². The van der Waals surface area contributed by atoms with E-state index in [2.05, 4.69) is 15.7 Å². The van der Waals surface area contributed by atoms with Crippen molar-refractivity contribution in [3.05, 3.63) is 49.6 Å². The first-order valence-corrected chi connectivity index (χ1v) is 7.88. The SMILES string of the molecule is Cc1nn(CC(=O)NC(=O)NCc2cccs2)c(=O)c(C#N)c1C. The van der Waals surface area contributed by atoms with Gasteiger partial charge in [0.05, 0.1) is 12.2 Å². The Hall–Kier alpha value is -2.99. The Balaban J connectivity index is 2.00. The molecule has 9 heteroatoms. The van der Waals surface area contributed by atoms with Gasteiger partial charge in [-0.2, -0.15) is 10.4 Å². The Bertz CT molecular complexity index is 864. The Labute approximate surface area is 141 Å². The van der Waals surface area contributed by atoms with E-state index < -0.39 is 24.0 Å². The molecule has 0 spiro atoms. The van der Waals surface area contributed by atoms with Gasteiger partial charge in [-0.25, -0.2) is 9.48 Å². The summed E-state index contributed by atoms with van der Waals surface area (Å²) in [6, 6.07) is 4.86. The molecule has 2 heterocycles. The minimum atomic E-state index is -0.694. The van der Waals surface area contributed by atoms with Crippen LogP contribution in [0.15, 0.2) is 22.3 Å². The summed E-state index contributed by atoms with van der Waals surface area (Å²) >= 11 is 1.48. The first kappa shape index (κ1) is 17.4. The molecule has 2 N–H and O–H groups in total. The number of urea groups is 1. The molecule has 0 saturated carbocycles. The van der Waals surface area contributed by atoms with E-state index >= 15 is 0 Å². The van der Waals surface area contributed by atoms with Gasteiger partial charge in [0.15, 0.2) is 0 Å². The van der Waals surface area contributed by atoms with Crippen LogP contribution in [0.3, 0.4) is 0 Å². The minimum absolute atomic E-state index is 0.0579. The summed E-state index contributed by atoms with van der Waals surface area (Å²) in [5.41, 5.74) is 0.237. The van der Waals surface area contributed by atoms with Crippen molar-refractivity contribution in [1.29, 1.82) is 5.26 Å². The average Bonchev–Trinajstić information content (AvgIpc) is 3.04. The van der Waals surface area contributed by atoms with Gasteiger partial charge < -0.3 is 5.32 Å². The molecule has 2 rings (SSSR count). The van der Waals surface area contributed by atoms with Crippen LogP contribution in [0, 0.1) is 25.2 Å². The highest BCUT2D eigenvalue weighted by Crippen LogP contribution is 2.07. The van der Waals surface area contributed by atoms with Crippen molar-refractivity contribution in [3.8, 4) is 6.07 Å². The van der Waals surface area contributed by atoms with Crippen molar-refractivity contribution in [1.82, 2.24) is 20.4 Å². The molecule has 0 aliphatic heterocycles. The van der Waals surface area contributed by atoms with Gasteiger partial charge in [-0.1, -0.05) is 6.07 Å². The third-order valence-corrected chi connectivity index (χ3v) is 4.17. The third-order valence-electron chi connectivity index (χ3n) is 3.30. The van der Waals surface area contributed by atoms with E-state index in [-0.39, 0.29) is 5.56 Å². The predicted molar refractivity (Wildman–Crippen MR) is 87.4 cm³/mol. The Kier molecular flexibility index (Phi) is 5.44. The number of nitrogens with one attached hydrogen (secondary N) is 2. The number of aryl methyl sites for hydroxylation is 1. The molecule has 124 valence electrons. The molecule has 0 aliphatic carbocycles. The molecular weight excluding hydrogens is 330 g/mol. The summed E-state index contributed by atoms with van der Waals surface area (Å²) in [6.45, 7) is 3.11. The first-order chi connectivity index (χ1) is 11.4. The van der Waals surface area contributed by atoms with Crippen LogP contribution in [0.4, 0.5) is 4.79 Å². The molecule has 24 heavy (non-hydrogen) atoms. The maximum Gasteiger partial charge on any atom is 0.321 e. The maximum atomic E-state index is 12.1. The standard InChI is InChI=1S/C15H15N5O3S/c1-9-10(2)19-20(14(22)12(9)6-16)8-13(21)18-15(23)17-7-11-4-3-5-24-11/h3-5H,7-8H2,1-2H3,(H2,17,18,21,23). The molecule has 3 amide bonds. The number of carbonyl (C=O) groups is 2. The lowest BCUT2D eigenvalue weighted by Gasteiger charge is -2.09. The van der Waals surface area contributed by atoms with Gasteiger partial charge in [-0.05, 0) is 30.9 Å². The second kappa shape index (κ2) is 7.52. The summed E-state index contributed by atoms with van der Waals surface area (Å²) in [7, 11) is 0. The molecular formula is C15H15N5O3S. The van der Waals surface area contributed by atoms with E-state index in [1.165, 1.54) is 11.3 Å². The molecule has 0 bridgehead atoms.